The van der Waals surface area contributed by atoms with Crippen molar-refractivity contribution in [1.82, 2.24) is 9.92 Å². The van der Waals surface area contributed by atoms with Crippen molar-refractivity contribution < 1.29 is 9.40 Å². The van der Waals surface area contributed by atoms with E-state index in [0.29, 0.717) is 18.8 Å². The third-order valence-electron chi connectivity index (χ3n) is 1.93. The van der Waals surface area contributed by atoms with Crippen molar-refractivity contribution in [2.75, 3.05) is 13.1 Å². The maximum Gasteiger partial charge on any atom is 0.571 e. The zero-order valence-corrected chi connectivity index (χ0v) is 9.06. The van der Waals surface area contributed by atoms with Crippen molar-refractivity contribution in [2.24, 2.45) is 0 Å². The van der Waals surface area contributed by atoms with Crippen molar-refractivity contribution in [2.45, 2.75) is 0 Å². The maximum absolute atomic E-state index is 11.6. The van der Waals surface area contributed by atoms with E-state index in [-0.39, 0.29) is 0 Å². The summed E-state index contributed by atoms with van der Waals surface area (Å²) in [5.74, 6) is 0.693. The van der Waals surface area contributed by atoms with Crippen LogP contribution in [-0.4, -0.2) is 17.9 Å². The third kappa shape index (κ3) is 2.86. The second-order valence-electron chi connectivity index (χ2n) is 3.05. The fraction of sp³-hybridized carbons (Fsp3) is 0.200. The van der Waals surface area contributed by atoms with Gasteiger partial charge in [0.2, 0.25) is 0 Å². The summed E-state index contributed by atoms with van der Waals surface area (Å²) in [6.45, 7) is 1.14. The summed E-state index contributed by atoms with van der Waals surface area (Å²) in [7, 11) is -1.66. The molecule has 1 unspecified atom stereocenters. The number of hydroxylamine groups is 1. The highest BCUT2D eigenvalue weighted by molar-refractivity contribution is 7.39. The largest absolute Gasteiger partial charge is 0.571 e. The first-order chi connectivity index (χ1) is 7.36. The predicted octanol–water partition coefficient (Wildman–Crippen LogP) is 2.10. The van der Waals surface area contributed by atoms with Crippen LogP contribution in [0.3, 0.4) is 0 Å². The third-order valence-corrected chi connectivity index (χ3v) is 3.03. The van der Waals surface area contributed by atoms with Gasteiger partial charge < -0.3 is 4.84 Å². The lowest BCUT2D eigenvalue weighted by atomic mass is 10.3. The molecule has 0 saturated heterocycles. The first kappa shape index (κ1) is 10.3. The molecule has 1 heterocycles. The Morgan fingerprint density at radius 3 is 2.87 bits per heavy atom. The Balaban J connectivity index is 2.04. The SMILES string of the molecule is O=[P+]1NCC=CCN1Oc1ccccc1. The van der Waals surface area contributed by atoms with Gasteiger partial charge in [0.05, 0.1) is 11.4 Å². The molecule has 78 valence electrons. The number of nitrogens with one attached hydrogen (secondary N) is 1. The second kappa shape index (κ2) is 5.03. The van der Waals surface area contributed by atoms with E-state index in [9.17, 15) is 4.57 Å². The van der Waals surface area contributed by atoms with Gasteiger partial charge in [-0.05, 0) is 16.7 Å². The van der Waals surface area contributed by atoms with E-state index in [2.05, 4.69) is 5.09 Å². The summed E-state index contributed by atoms with van der Waals surface area (Å²) in [6.07, 6.45) is 3.86. The van der Waals surface area contributed by atoms with Crippen LogP contribution in [0.5, 0.6) is 5.75 Å². The van der Waals surface area contributed by atoms with Crippen LogP contribution in [0.2, 0.25) is 0 Å². The first-order valence-corrected chi connectivity index (χ1v) is 5.94. The number of rotatable bonds is 2. The first-order valence-electron chi connectivity index (χ1n) is 4.72. The Kier molecular flexibility index (Phi) is 3.45. The topological polar surface area (TPSA) is 41.6 Å². The van der Waals surface area contributed by atoms with E-state index in [0.717, 1.165) is 0 Å². The van der Waals surface area contributed by atoms with Gasteiger partial charge in [-0.1, -0.05) is 35.4 Å². The van der Waals surface area contributed by atoms with Gasteiger partial charge in [0.1, 0.15) is 6.54 Å². The average Bonchev–Trinajstić information content (AvgIpc) is 2.46. The van der Waals surface area contributed by atoms with Crippen LogP contribution in [0.4, 0.5) is 0 Å². The molecule has 0 amide bonds. The number of hydrogen-bond donors (Lipinski definition) is 1. The molecule has 1 atom stereocenters. The lowest BCUT2D eigenvalue weighted by Gasteiger charge is -2.08. The van der Waals surface area contributed by atoms with Gasteiger partial charge >= 0.3 is 8.10 Å². The summed E-state index contributed by atoms with van der Waals surface area (Å²) in [6, 6.07) is 9.33. The van der Waals surface area contributed by atoms with Gasteiger partial charge in [-0.2, -0.15) is 0 Å². The van der Waals surface area contributed by atoms with E-state index in [1.54, 1.807) is 0 Å². The van der Waals surface area contributed by atoms with Gasteiger partial charge in [0, 0.05) is 0 Å². The molecule has 5 heteroatoms. The van der Waals surface area contributed by atoms with Gasteiger partial charge in [-0.15, -0.1) is 0 Å². The summed E-state index contributed by atoms with van der Waals surface area (Å²) in [5.41, 5.74) is 0. The molecule has 1 aliphatic rings. The highest BCUT2D eigenvalue weighted by Gasteiger charge is 2.30. The van der Waals surface area contributed by atoms with Crippen molar-refractivity contribution in [3.8, 4) is 5.75 Å². The minimum Gasteiger partial charge on any atom is -0.363 e. The predicted molar refractivity (Wildman–Crippen MR) is 58.5 cm³/mol. The molecule has 0 fully saturated rings. The molecule has 1 aliphatic heterocycles. The molecule has 0 bridgehead atoms. The number of hydrogen-bond acceptors (Lipinski definition) is 2. The molecule has 4 nitrogen and oxygen atoms in total. The van der Waals surface area contributed by atoms with E-state index in [1.807, 2.05) is 42.5 Å². The molecule has 2 rings (SSSR count). The number of nitrogens with zero attached hydrogens (tertiary/aromatic N) is 1. The molecular formula is C10H12N2O2P+. The standard InChI is InChI=1S/C10H12N2O2P/c13-15-11-8-4-5-9-12(15)14-10-6-2-1-3-7-10/h1-7H,8-9H2,(H,11,13)/q+1. The van der Waals surface area contributed by atoms with Gasteiger partial charge in [0.15, 0.2) is 5.75 Å². The molecule has 0 aromatic heterocycles. The minimum absolute atomic E-state index is 0.525. The van der Waals surface area contributed by atoms with Crippen LogP contribution in [0.15, 0.2) is 42.5 Å². The van der Waals surface area contributed by atoms with Crippen LogP contribution < -0.4 is 9.92 Å². The Morgan fingerprint density at radius 1 is 1.27 bits per heavy atom. The molecule has 0 spiro atoms. The van der Waals surface area contributed by atoms with Crippen molar-refractivity contribution in [3.63, 3.8) is 0 Å². The summed E-state index contributed by atoms with van der Waals surface area (Å²) < 4.78 is 11.6. The Bertz CT molecular complexity index is 367. The van der Waals surface area contributed by atoms with Crippen LogP contribution in [0.1, 0.15) is 0 Å². The van der Waals surface area contributed by atoms with Crippen molar-refractivity contribution in [1.29, 1.82) is 0 Å². The van der Waals surface area contributed by atoms with Gasteiger partial charge in [-0.25, -0.2) is 0 Å². The second-order valence-corrected chi connectivity index (χ2v) is 4.35. The van der Waals surface area contributed by atoms with Gasteiger partial charge in [-0.3, -0.25) is 0 Å². The summed E-state index contributed by atoms with van der Waals surface area (Å²) in [4.78, 5) is 6.92. The Labute approximate surface area is 89.4 Å². The van der Waals surface area contributed by atoms with Crippen LogP contribution >= 0.6 is 8.10 Å². The van der Waals surface area contributed by atoms with E-state index in [4.69, 9.17) is 4.84 Å². The molecule has 0 aliphatic carbocycles. The number of para-hydroxylation sites is 1. The Hall–Kier alpha value is -1.22. The minimum atomic E-state index is -1.66. The van der Waals surface area contributed by atoms with Gasteiger partial charge in [0.25, 0.3) is 0 Å². The highest BCUT2D eigenvalue weighted by Crippen LogP contribution is 2.25. The molecule has 15 heavy (non-hydrogen) atoms. The highest BCUT2D eigenvalue weighted by atomic mass is 31.1. The fourth-order valence-corrected chi connectivity index (χ4v) is 2.04. The molecule has 0 radical (unpaired) electrons. The van der Waals surface area contributed by atoms with E-state index < -0.39 is 8.10 Å². The average molecular weight is 223 g/mol. The van der Waals surface area contributed by atoms with E-state index in [1.165, 1.54) is 4.83 Å². The maximum atomic E-state index is 11.6. The molecule has 1 N–H and O–H groups in total. The Morgan fingerprint density at radius 2 is 2.07 bits per heavy atom. The van der Waals surface area contributed by atoms with Crippen LogP contribution in [0.25, 0.3) is 0 Å². The summed E-state index contributed by atoms with van der Waals surface area (Å²) in [5, 5.41) is 2.84. The lowest BCUT2D eigenvalue weighted by Crippen LogP contribution is -2.23. The smallest absolute Gasteiger partial charge is 0.363 e. The normalized spacial score (nSPS) is 19.9. The fourth-order valence-electron chi connectivity index (χ4n) is 1.21. The summed E-state index contributed by atoms with van der Waals surface area (Å²) >= 11 is 0. The molecule has 1 aromatic rings. The van der Waals surface area contributed by atoms with Crippen molar-refractivity contribution >= 4 is 8.10 Å². The quantitative estimate of drug-likeness (QED) is 0.615. The lowest BCUT2D eigenvalue weighted by molar-refractivity contribution is 0.0490. The zero-order valence-electron chi connectivity index (χ0n) is 8.17. The van der Waals surface area contributed by atoms with E-state index >= 15 is 0 Å². The molecule has 0 saturated carbocycles. The van der Waals surface area contributed by atoms with Crippen LogP contribution in [-0.2, 0) is 4.57 Å². The van der Waals surface area contributed by atoms with Crippen LogP contribution in [0, 0.1) is 0 Å². The molecule has 1 aromatic carbocycles. The molecular weight excluding hydrogens is 211 g/mol. The zero-order chi connectivity index (χ0) is 10.5. The monoisotopic (exact) mass is 223 g/mol. The van der Waals surface area contributed by atoms with Crippen molar-refractivity contribution in [3.05, 3.63) is 42.5 Å². The number of benzene rings is 1.